The third kappa shape index (κ3) is 4.81. The van der Waals surface area contributed by atoms with Gasteiger partial charge in [-0.3, -0.25) is 4.79 Å². The Hall–Kier alpha value is -1.72. The molecule has 1 aromatic rings. The van der Waals surface area contributed by atoms with E-state index in [4.69, 9.17) is 0 Å². The SMILES string of the molecule is Cc1ncnc(NCC(CC(C)(C)C)C(=O)O)c1F. The first-order valence-electron chi connectivity index (χ1n) is 6.14. The molecule has 0 spiro atoms. The summed E-state index contributed by atoms with van der Waals surface area (Å²) >= 11 is 0. The van der Waals surface area contributed by atoms with E-state index in [0.29, 0.717) is 6.42 Å². The third-order valence-electron chi connectivity index (χ3n) is 2.69. The van der Waals surface area contributed by atoms with Crippen molar-refractivity contribution in [2.75, 3.05) is 11.9 Å². The molecule has 0 saturated heterocycles. The highest BCUT2D eigenvalue weighted by molar-refractivity contribution is 5.70. The maximum atomic E-state index is 13.7. The maximum absolute atomic E-state index is 13.7. The summed E-state index contributed by atoms with van der Waals surface area (Å²) in [5, 5.41) is 11.9. The molecule has 106 valence electrons. The molecule has 1 aromatic heterocycles. The van der Waals surface area contributed by atoms with Crippen LogP contribution in [0.15, 0.2) is 6.33 Å². The van der Waals surface area contributed by atoms with Crippen molar-refractivity contribution in [1.82, 2.24) is 9.97 Å². The Bertz CT molecular complexity index is 458. The molecule has 1 atom stereocenters. The summed E-state index contributed by atoms with van der Waals surface area (Å²) in [6.45, 7) is 7.58. The summed E-state index contributed by atoms with van der Waals surface area (Å²) in [7, 11) is 0. The average molecular weight is 269 g/mol. The van der Waals surface area contributed by atoms with Crippen molar-refractivity contribution in [3.8, 4) is 0 Å². The maximum Gasteiger partial charge on any atom is 0.308 e. The lowest BCUT2D eigenvalue weighted by atomic mass is 9.84. The van der Waals surface area contributed by atoms with Crippen LogP contribution in [0.1, 0.15) is 32.9 Å². The third-order valence-corrected chi connectivity index (χ3v) is 2.69. The number of rotatable bonds is 5. The van der Waals surface area contributed by atoms with Crippen LogP contribution in [0.25, 0.3) is 0 Å². The van der Waals surface area contributed by atoms with Gasteiger partial charge in [0.1, 0.15) is 6.33 Å². The minimum Gasteiger partial charge on any atom is -0.481 e. The predicted molar refractivity (Wildman–Crippen MR) is 70.4 cm³/mol. The van der Waals surface area contributed by atoms with Gasteiger partial charge >= 0.3 is 5.97 Å². The lowest BCUT2D eigenvalue weighted by Gasteiger charge is -2.23. The molecule has 1 rings (SSSR count). The van der Waals surface area contributed by atoms with Gasteiger partial charge in [-0.15, -0.1) is 0 Å². The van der Waals surface area contributed by atoms with Gasteiger partial charge < -0.3 is 10.4 Å². The molecule has 0 saturated carbocycles. The molecule has 2 N–H and O–H groups in total. The zero-order valence-electron chi connectivity index (χ0n) is 11.7. The number of hydrogen-bond donors (Lipinski definition) is 2. The van der Waals surface area contributed by atoms with E-state index in [1.807, 2.05) is 20.8 Å². The molecule has 19 heavy (non-hydrogen) atoms. The van der Waals surface area contributed by atoms with Crippen molar-refractivity contribution in [1.29, 1.82) is 0 Å². The lowest BCUT2D eigenvalue weighted by Crippen LogP contribution is -2.28. The van der Waals surface area contributed by atoms with Crippen LogP contribution in [0.2, 0.25) is 0 Å². The monoisotopic (exact) mass is 269 g/mol. The molecular weight excluding hydrogens is 249 g/mol. The number of nitrogens with one attached hydrogen (secondary N) is 1. The normalized spacial score (nSPS) is 13.1. The fourth-order valence-corrected chi connectivity index (χ4v) is 1.79. The van der Waals surface area contributed by atoms with Crippen LogP contribution in [0.5, 0.6) is 0 Å². The van der Waals surface area contributed by atoms with Crippen LogP contribution in [-0.2, 0) is 4.79 Å². The van der Waals surface area contributed by atoms with Gasteiger partial charge in [-0.25, -0.2) is 14.4 Å². The lowest BCUT2D eigenvalue weighted by molar-refractivity contribution is -0.142. The Morgan fingerprint density at radius 1 is 1.47 bits per heavy atom. The molecule has 0 radical (unpaired) electrons. The van der Waals surface area contributed by atoms with E-state index >= 15 is 0 Å². The molecule has 5 nitrogen and oxygen atoms in total. The van der Waals surface area contributed by atoms with Crippen molar-refractivity contribution >= 4 is 11.8 Å². The summed E-state index contributed by atoms with van der Waals surface area (Å²) < 4.78 is 13.7. The largest absolute Gasteiger partial charge is 0.481 e. The molecule has 1 heterocycles. The van der Waals surface area contributed by atoms with E-state index in [0.717, 1.165) is 0 Å². The predicted octanol–water partition coefficient (Wildman–Crippen LogP) is 2.47. The van der Waals surface area contributed by atoms with Crippen LogP contribution in [0.4, 0.5) is 10.2 Å². The number of hydrogen-bond acceptors (Lipinski definition) is 4. The van der Waals surface area contributed by atoms with Crippen LogP contribution < -0.4 is 5.32 Å². The van der Waals surface area contributed by atoms with Crippen molar-refractivity contribution < 1.29 is 14.3 Å². The van der Waals surface area contributed by atoms with Gasteiger partial charge in [-0.05, 0) is 18.8 Å². The van der Waals surface area contributed by atoms with Crippen LogP contribution in [-0.4, -0.2) is 27.6 Å². The van der Waals surface area contributed by atoms with Crippen molar-refractivity contribution in [3.63, 3.8) is 0 Å². The first-order chi connectivity index (χ1) is 8.70. The van der Waals surface area contributed by atoms with E-state index in [9.17, 15) is 14.3 Å². The first kappa shape index (κ1) is 15.3. The van der Waals surface area contributed by atoms with Gasteiger partial charge in [0.25, 0.3) is 0 Å². The molecule has 1 unspecified atom stereocenters. The number of aryl methyl sites for hydroxylation is 1. The second-order valence-corrected chi connectivity index (χ2v) is 5.80. The summed E-state index contributed by atoms with van der Waals surface area (Å²) in [5.74, 6) is -1.97. The molecule has 0 amide bonds. The second-order valence-electron chi connectivity index (χ2n) is 5.80. The van der Waals surface area contributed by atoms with Crippen molar-refractivity contribution in [2.24, 2.45) is 11.3 Å². The Kier molecular flexibility index (Phi) is 4.80. The number of nitrogens with zero attached hydrogens (tertiary/aromatic N) is 2. The average Bonchev–Trinajstić information content (AvgIpc) is 2.27. The van der Waals surface area contributed by atoms with Crippen LogP contribution in [0, 0.1) is 24.1 Å². The van der Waals surface area contributed by atoms with E-state index < -0.39 is 17.7 Å². The second kappa shape index (κ2) is 5.95. The number of carboxylic acids is 1. The molecule has 0 aliphatic heterocycles. The van der Waals surface area contributed by atoms with Crippen LogP contribution in [0.3, 0.4) is 0 Å². The quantitative estimate of drug-likeness (QED) is 0.859. The Balaban J connectivity index is 2.72. The van der Waals surface area contributed by atoms with Gasteiger partial charge in [0.2, 0.25) is 0 Å². The molecular formula is C13H20FN3O2. The van der Waals surface area contributed by atoms with Crippen LogP contribution >= 0.6 is 0 Å². The summed E-state index contributed by atoms with van der Waals surface area (Å²) in [6.07, 6.45) is 1.75. The van der Waals surface area contributed by atoms with Gasteiger partial charge in [0.05, 0.1) is 11.6 Å². The molecule has 0 aromatic carbocycles. The van der Waals surface area contributed by atoms with Gasteiger partial charge in [-0.1, -0.05) is 20.8 Å². The molecule has 0 bridgehead atoms. The van der Waals surface area contributed by atoms with Gasteiger partial charge in [0.15, 0.2) is 11.6 Å². The summed E-state index contributed by atoms with van der Waals surface area (Å²) in [5.41, 5.74) is 0.130. The van der Waals surface area contributed by atoms with E-state index in [-0.39, 0.29) is 23.5 Å². The Morgan fingerprint density at radius 3 is 2.63 bits per heavy atom. The highest BCUT2D eigenvalue weighted by atomic mass is 19.1. The molecule has 0 aliphatic carbocycles. The minimum absolute atomic E-state index is 0.0488. The number of aromatic nitrogens is 2. The smallest absolute Gasteiger partial charge is 0.308 e. The Morgan fingerprint density at radius 2 is 2.11 bits per heavy atom. The highest BCUT2D eigenvalue weighted by Gasteiger charge is 2.24. The van der Waals surface area contributed by atoms with Gasteiger partial charge in [0, 0.05) is 6.54 Å². The number of halogens is 1. The number of aliphatic carboxylic acids is 1. The molecule has 0 aliphatic rings. The molecule has 0 fully saturated rings. The van der Waals surface area contributed by atoms with Crippen molar-refractivity contribution in [2.45, 2.75) is 34.1 Å². The number of carboxylic acid groups (broad SMARTS) is 1. The molecule has 6 heteroatoms. The topological polar surface area (TPSA) is 75.1 Å². The van der Waals surface area contributed by atoms with E-state index in [1.54, 1.807) is 0 Å². The standard InChI is InChI=1S/C13H20FN3O2/c1-8-10(14)11(17-7-16-8)15-6-9(12(18)19)5-13(2,3)4/h7,9H,5-6H2,1-4H3,(H,18,19)(H,15,16,17). The summed E-state index contributed by atoms with van der Waals surface area (Å²) in [6, 6.07) is 0. The van der Waals surface area contributed by atoms with E-state index in [1.165, 1.54) is 13.3 Å². The number of carbonyl (C=O) groups is 1. The summed E-state index contributed by atoms with van der Waals surface area (Å²) in [4.78, 5) is 18.7. The highest BCUT2D eigenvalue weighted by Crippen LogP contribution is 2.25. The fraction of sp³-hybridized carbons (Fsp3) is 0.615. The minimum atomic E-state index is -0.895. The zero-order chi connectivity index (χ0) is 14.6. The number of anilines is 1. The zero-order valence-corrected chi connectivity index (χ0v) is 11.7. The Labute approximate surface area is 112 Å². The first-order valence-corrected chi connectivity index (χ1v) is 6.14. The van der Waals surface area contributed by atoms with Crippen molar-refractivity contribution in [3.05, 3.63) is 17.8 Å². The van der Waals surface area contributed by atoms with E-state index in [2.05, 4.69) is 15.3 Å². The fourth-order valence-electron chi connectivity index (χ4n) is 1.79. The van der Waals surface area contributed by atoms with Gasteiger partial charge in [-0.2, -0.15) is 0 Å².